The van der Waals surface area contributed by atoms with E-state index in [0.717, 1.165) is 21.9 Å². The van der Waals surface area contributed by atoms with Crippen LogP contribution < -0.4 is 4.31 Å². The Morgan fingerprint density at radius 2 is 1.18 bits per heavy atom. The van der Waals surface area contributed by atoms with Gasteiger partial charge in [0.25, 0.3) is 10.0 Å². The summed E-state index contributed by atoms with van der Waals surface area (Å²) in [5.74, 6) is 0. The molecule has 0 aliphatic rings. The Hall–Kier alpha value is -3.11. The van der Waals surface area contributed by atoms with Gasteiger partial charge in [-0.25, -0.2) is 12.7 Å². The van der Waals surface area contributed by atoms with E-state index in [4.69, 9.17) is 0 Å². The lowest BCUT2D eigenvalue weighted by atomic mass is 10.1. The highest BCUT2D eigenvalue weighted by atomic mass is 32.2. The molecule has 0 aromatic heterocycles. The molecule has 4 aromatic carbocycles. The van der Waals surface area contributed by atoms with E-state index in [9.17, 15) is 8.42 Å². The van der Waals surface area contributed by atoms with Crippen molar-refractivity contribution in [3.8, 4) is 0 Å². The molecule has 3 nitrogen and oxygen atoms in total. The summed E-state index contributed by atoms with van der Waals surface area (Å²) in [6, 6.07) is 28.1. The number of anilines is 2. The van der Waals surface area contributed by atoms with E-state index in [1.54, 1.807) is 12.1 Å². The first-order valence-corrected chi connectivity index (χ1v) is 10.6. The lowest BCUT2D eigenvalue weighted by Gasteiger charge is -2.26. The minimum atomic E-state index is -3.83. The average molecular weight is 388 g/mol. The lowest BCUT2D eigenvalue weighted by molar-refractivity contribution is 0.597. The monoisotopic (exact) mass is 387 g/mol. The van der Waals surface area contributed by atoms with Crippen LogP contribution in [-0.4, -0.2) is 8.42 Å². The van der Waals surface area contributed by atoms with Crippen LogP contribution in [0.2, 0.25) is 0 Å². The van der Waals surface area contributed by atoms with Crippen LogP contribution in [0.4, 0.5) is 11.4 Å². The summed E-state index contributed by atoms with van der Waals surface area (Å²) in [4.78, 5) is 0.300. The third-order valence-electron chi connectivity index (χ3n) is 4.74. The summed E-state index contributed by atoms with van der Waals surface area (Å²) in [7, 11) is -3.83. The second-order valence-corrected chi connectivity index (χ2v) is 8.68. The summed E-state index contributed by atoms with van der Waals surface area (Å²) in [6.07, 6.45) is 0. The summed E-state index contributed by atoms with van der Waals surface area (Å²) in [6.45, 7) is 3.92. The Morgan fingerprint density at radius 3 is 1.79 bits per heavy atom. The molecular weight excluding hydrogens is 366 g/mol. The number of hydrogen-bond acceptors (Lipinski definition) is 2. The molecule has 0 saturated carbocycles. The van der Waals surface area contributed by atoms with Gasteiger partial charge >= 0.3 is 0 Å². The standard InChI is InChI=1S/C24H21NO2S/c1-18-8-5-12-21(16-18)25(22-13-6-9-19(2)17-22)28(26,27)24-15-7-11-20-10-3-4-14-23(20)24/h3-17H,1-2H3. The van der Waals surface area contributed by atoms with Gasteiger partial charge in [0.2, 0.25) is 0 Å². The van der Waals surface area contributed by atoms with Crippen molar-refractivity contribution in [1.29, 1.82) is 0 Å². The number of fused-ring (bicyclic) bond motifs is 1. The van der Waals surface area contributed by atoms with Gasteiger partial charge in [-0.15, -0.1) is 0 Å². The molecule has 4 heteroatoms. The zero-order chi connectivity index (χ0) is 19.7. The van der Waals surface area contributed by atoms with Crippen LogP contribution in [0, 0.1) is 13.8 Å². The van der Waals surface area contributed by atoms with E-state index in [2.05, 4.69) is 0 Å². The smallest absolute Gasteiger partial charge is 0.234 e. The number of rotatable bonds is 4. The number of benzene rings is 4. The van der Waals surface area contributed by atoms with Gasteiger partial charge in [-0.2, -0.15) is 0 Å². The Bertz CT molecular complexity index is 1210. The molecule has 0 atom stereocenters. The molecule has 0 bridgehead atoms. The predicted octanol–water partition coefficient (Wildman–Crippen LogP) is 5.98. The van der Waals surface area contributed by atoms with Crippen LogP contribution in [0.15, 0.2) is 95.9 Å². The molecule has 0 spiro atoms. The molecule has 4 aromatic rings. The van der Waals surface area contributed by atoms with Crippen LogP contribution in [0.5, 0.6) is 0 Å². The van der Waals surface area contributed by atoms with Crippen LogP contribution in [0.1, 0.15) is 11.1 Å². The summed E-state index contributed by atoms with van der Waals surface area (Å²) in [5.41, 5.74) is 3.25. The molecule has 28 heavy (non-hydrogen) atoms. The van der Waals surface area contributed by atoms with Crippen LogP contribution >= 0.6 is 0 Å². The normalized spacial score (nSPS) is 11.5. The van der Waals surface area contributed by atoms with Crippen molar-refractivity contribution in [3.63, 3.8) is 0 Å². The maximum absolute atomic E-state index is 13.9. The highest BCUT2D eigenvalue weighted by Crippen LogP contribution is 2.35. The molecule has 0 radical (unpaired) electrons. The van der Waals surface area contributed by atoms with Gasteiger partial charge in [0, 0.05) is 5.39 Å². The highest BCUT2D eigenvalue weighted by molar-refractivity contribution is 7.93. The fourth-order valence-corrected chi connectivity index (χ4v) is 5.15. The van der Waals surface area contributed by atoms with Crippen LogP contribution in [-0.2, 0) is 10.0 Å². The lowest BCUT2D eigenvalue weighted by Crippen LogP contribution is -2.26. The topological polar surface area (TPSA) is 37.4 Å². The molecular formula is C24H21NO2S. The first-order chi connectivity index (χ1) is 13.5. The van der Waals surface area contributed by atoms with Crippen molar-refractivity contribution in [2.75, 3.05) is 4.31 Å². The van der Waals surface area contributed by atoms with Crippen molar-refractivity contribution in [1.82, 2.24) is 0 Å². The molecule has 0 aliphatic heterocycles. The molecule has 140 valence electrons. The van der Waals surface area contributed by atoms with E-state index < -0.39 is 10.0 Å². The van der Waals surface area contributed by atoms with Gasteiger partial charge in [0.05, 0.1) is 16.3 Å². The van der Waals surface area contributed by atoms with E-state index in [-0.39, 0.29) is 0 Å². The molecule has 0 N–H and O–H groups in total. The third kappa shape index (κ3) is 3.27. The minimum absolute atomic E-state index is 0.300. The fourth-order valence-electron chi connectivity index (χ4n) is 3.45. The maximum atomic E-state index is 13.9. The average Bonchev–Trinajstić information content (AvgIpc) is 2.67. The summed E-state index contributed by atoms with van der Waals surface area (Å²) < 4.78 is 29.2. The number of sulfonamides is 1. The highest BCUT2D eigenvalue weighted by Gasteiger charge is 2.28. The van der Waals surface area contributed by atoms with Gasteiger partial charge in [0.1, 0.15) is 0 Å². The number of hydrogen-bond donors (Lipinski definition) is 0. The Balaban J connectivity index is 2.00. The predicted molar refractivity (Wildman–Crippen MR) is 116 cm³/mol. The van der Waals surface area contributed by atoms with Gasteiger partial charge in [-0.1, -0.05) is 60.7 Å². The van der Waals surface area contributed by atoms with Crippen LogP contribution in [0.25, 0.3) is 10.8 Å². The van der Waals surface area contributed by atoms with Crippen molar-refractivity contribution in [2.24, 2.45) is 0 Å². The first-order valence-electron chi connectivity index (χ1n) is 9.13. The molecule has 0 fully saturated rings. The quantitative estimate of drug-likeness (QED) is 0.432. The van der Waals surface area contributed by atoms with Crippen molar-refractivity contribution >= 4 is 32.2 Å². The zero-order valence-corrected chi connectivity index (χ0v) is 16.6. The van der Waals surface area contributed by atoms with Crippen molar-refractivity contribution in [2.45, 2.75) is 18.7 Å². The van der Waals surface area contributed by atoms with E-state index in [1.807, 2.05) is 92.7 Å². The summed E-state index contributed by atoms with van der Waals surface area (Å²) >= 11 is 0. The maximum Gasteiger partial charge on any atom is 0.269 e. The fraction of sp³-hybridized carbons (Fsp3) is 0.0833. The first kappa shape index (κ1) is 18.3. The molecule has 0 aliphatic carbocycles. The Labute approximate surface area is 165 Å². The Kier molecular flexibility index (Phi) is 4.65. The van der Waals surface area contributed by atoms with Crippen molar-refractivity contribution in [3.05, 3.63) is 102 Å². The van der Waals surface area contributed by atoms with Gasteiger partial charge in [-0.05, 0) is 60.7 Å². The van der Waals surface area contributed by atoms with E-state index in [1.165, 1.54) is 4.31 Å². The number of aryl methyl sites for hydroxylation is 2. The molecule has 0 heterocycles. The van der Waals surface area contributed by atoms with Gasteiger partial charge < -0.3 is 0 Å². The Morgan fingerprint density at radius 1 is 0.643 bits per heavy atom. The second kappa shape index (κ2) is 7.13. The summed E-state index contributed by atoms with van der Waals surface area (Å²) in [5, 5.41) is 1.62. The molecule has 0 saturated heterocycles. The molecule has 0 unspecified atom stereocenters. The molecule has 0 amide bonds. The van der Waals surface area contributed by atoms with Crippen molar-refractivity contribution < 1.29 is 8.42 Å². The van der Waals surface area contributed by atoms with Crippen LogP contribution in [0.3, 0.4) is 0 Å². The number of nitrogens with zero attached hydrogens (tertiary/aromatic N) is 1. The van der Waals surface area contributed by atoms with E-state index in [0.29, 0.717) is 16.3 Å². The second-order valence-electron chi connectivity index (χ2n) is 6.92. The van der Waals surface area contributed by atoms with Gasteiger partial charge in [-0.3, -0.25) is 0 Å². The third-order valence-corrected chi connectivity index (χ3v) is 6.55. The SMILES string of the molecule is Cc1cccc(N(c2cccc(C)c2)S(=O)(=O)c2cccc3ccccc23)c1. The largest absolute Gasteiger partial charge is 0.269 e. The minimum Gasteiger partial charge on any atom is -0.234 e. The van der Waals surface area contributed by atoms with Gasteiger partial charge in [0.15, 0.2) is 0 Å². The zero-order valence-electron chi connectivity index (χ0n) is 15.8. The van der Waals surface area contributed by atoms with E-state index >= 15 is 0 Å². The molecule has 4 rings (SSSR count).